The molecule has 0 radical (unpaired) electrons. The van der Waals surface area contributed by atoms with Gasteiger partial charge in [-0.3, -0.25) is 4.79 Å². The lowest BCUT2D eigenvalue weighted by molar-refractivity contribution is -0.136. The van der Waals surface area contributed by atoms with Gasteiger partial charge >= 0.3 is 0 Å². The van der Waals surface area contributed by atoms with Crippen LogP contribution in [-0.2, 0) is 22.5 Å². The van der Waals surface area contributed by atoms with Crippen molar-refractivity contribution in [1.29, 1.82) is 0 Å². The number of hydrogen-bond acceptors (Lipinski definition) is 6. The molecule has 1 fully saturated rings. The Morgan fingerprint density at radius 3 is 3.05 bits per heavy atom. The highest BCUT2D eigenvalue weighted by Gasteiger charge is 2.34. The number of hydrogen-bond donors (Lipinski definition) is 1. The van der Waals surface area contributed by atoms with Gasteiger partial charge < -0.3 is 19.9 Å². The van der Waals surface area contributed by atoms with Crippen molar-refractivity contribution in [2.75, 3.05) is 27.3 Å². The molecular formula is C14H24N4O3. The first-order valence-corrected chi connectivity index (χ1v) is 7.41. The van der Waals surface area contributed by atoms with Crippen molar-refractivity contribution >= 4 is 5.91 Å². The molecule has 7 heteroatoms. The molecule has 0 aliphatic heterocycles. The largest absolute Gasteiger partial charge is 0.384 e. The van der Waals surface area contributed by atoms with Crippen molar-refractivity contribution in [2.24, 2.45) is 17.6 Å². The van der Waals surface area contributed by atoms with E-state index in [0.29, 0.717) is 43.8 Å². The standard InChI is InChI=1S/C14H24N4O3/c1-18(14(19)11-5-3-4-10(11)8-15)9-13-16-12(17-21-13)6-7-20-2/h10-11H,3-9,15H2,1-2H3/t10-,11-/m1/s1. The van der Waals surface area contributed by atoms with Crippen molar-refractivity contribution < 1.29 is 14.1 Å². The molecule has 0 aromatic carbocycles. The molecule has 1 aliphatic carbocycles. The minimum absolute atomic E-state index is 0.0379. The first kappa shape index (κ1) is 15.9. The minimum Gasteiger partial charge on any atom is -0.384 e. The number of nitrogens with two attached hydrogens (primary N) is 1. The van der Waals surface area contributed by atoms with Crippen LogP contribution in [0.25, 0.3) is 0 Å². The van der Waals surface area contributed by atoms with Crippen LogP contribution in [-0.4, -0.2) is 48.3 Å². The molecule has 1 heterocycles. The van der Waals surface area contributed by atoms with Crippen molar-refractivity contribution in [3.05, 3.63) is 11.7 Å². The summed E-state index contributed by atoms with van der Waals surface area (Å²) in [5, 5.41) is 3.87. The summed E-state index contributed by atoms with van der Waals surface area (Å²) < 4.78 is 10.1. The van der Waals surface area contributed by atoms with E-state index in [4.69, 9.17) is 15.0 Å². The van der Waals surface area contributed by atoms with E-state index >= 15 is 0 Å². The van der Waals surface area contributed by atoms with Gasteiger partial charge in [-0.1, -0.05) is 11.6 Å². The molecule has 1 amide bonds. The van der Waals surface area contributed by atoms with Gasteiger partial charge in [0, 0.05) is 26.5 Å². The van der Waals surface area contributed by atoms with E-state index in [1.807, 2.05) is 0 Å². The fourth-order valence-corrected chi connectivity index (χ4v) is 2.86. The third-order valence-corrected chi connectivity index (χ3v) is 4.07. The molecule has 0 bridgehead atoms. The van der Waals surface area contributed by atoms with Crippen LogP contribution in [0.5, 0.6) is 0 Å². The molecule has 2 N–H and O–H groups in total. The van der Waals surface area contributed by atoms with Gasteiger partial charge in [0.15, 0.2) is 5.82 Å². The molecule has 2 atom stereocenters. The Hall–Kier alpha value is -1.47. The highest BCUT2D eigenvalue weighted by molar-refractivity contribution is 5.79. The summed E-state index contributed by atoms with van der Waals surface area (Å²) in [4.78, 5) is 18.4. The van der Waals surface area contributed by atoms with E-state index in [-0.39, 0.29) is 11.8 Å². The third-order valence-electron chi connectivity index (χ3n) is 4.07. The summed E-state index contributed by atoms with van der Waals surface area (Å²) >= 11 is 0. The van der Waals surface area contributed by atoms with Crippen molar-refractivity contribution in [2.45, 2.75) is 32.2 Å². The Labute approximate surface area is 124 Å². The van der Waals surface area contributed by atoms with Crippen molar-refractivity contribution in [1.82, 2.24) is 15.0 Å². The van der Waals surface area contributed by atoms with Gasteiger partial charge in [0.2, 0.25) is 11.8 Å². The van der Waals surface area contributed by atoms with Crippen LogP contribution in [0.3, 0.4) is 0 Å². The van der Waals surface area contributed by atoms with Crippen LogP contribution in [0.4, 0.5) is 0 Å². The lowest BCUT2D eigenvalue weighted by Gasteiger charge is -2.23. The van der Waals surface area contributed by atoms with Gasteiger partial charge in [-0.05, 0) is 25.3 Å². The van der Waals surface area contributed by atoms with E-state index < -0.39 is 0 Å². The van der Waals surface area contributed by atoms with Crippen LogP contribution < -0.4 is 5.73 Å². The molecule has 0 saturated heterocycles. The summed E-state index contributed by atoms with van der Waals surface area (Å²) in [5.41, 5.74) is 5.74. The second kappa shape index (κ2) is 7.51. The third kappa shape index (κ3) is 4.01. The Kier molecular flexibility index (Phi) is 5.69. The predicted octanol–water partition coefficient (Wildman–Crippen LogP) is 0.592. The average Bonchev–Trinajstić information content (AvgIpc) is 3.12. The fourth-order valence-electron chi connectivity index (χ4n) is 2.86. The zero-order valence-electron chi connectivity index (χ0n) is 12.7. The van der Waals surface area contributed by atoms with Crippen molar-refractivity contribution in [3.8, 4) is 0 Å². The first-order chi connectivity index (χ1) is 10.2. The number of rotatable bonds is 7. The van der Waals surface area contributed by atoms with E-state index in [0.717, 1.165) is 19.3 Å². The van der Waals surface area contributed by atoms with E-state index in [2.05, 4.69) is 10.1 Å². The maximum absolute atomic E-state index is 12.5. The highest BCUT2D eigenvalue weighted by atomic mass is 16.5. The molecule has 21 heavy (non-hydrogen) atoms. The molecule has 7 nitrogen and oxygen atoms in total. The summed E-state index contributed by atoms with van der Waals surface area (Å²) in [6.07, 6.45) is 3.65. The van der Waals surface area contributed by atoms with Gasteiger partial charge in [0.1, 0.15) is 0 Å². The van der Waals surface area contributed by atoms with Crippen LogP contribution >= 0.6 is 0 Å². The van der Waals surface area contributed by atoms with Gasteiger partial charge in [0.05, 0.1) is 13.2 Å². The quantitative estimate of drug-likeness (QED) is 0.791. The van der Waals surface area contributed by atoms with Gasteiger partial charge in [0.25, 0.3) is 0 Å². The monoisotopic (exact) mass is 296 g/mol. The lowest BCUT2D eigenvalue weighted by atomic mass is 9.95. The average molecular weight is 296 g/mol. The van der Waals surface area contributed by atoms with Gasteiger partial charge in [-0.15, -0.1) is 0 Å². The molecule has 1 aromatic heterocycles. The molecule has 0 unspecified atom stereocenters. The van der Waals surface area contributed by atoms with E-state index in [1.54, 1.807) is 19.1 Å². The smallest absolute Gasteiger partial charge is 0.246 e. The zero-order valence-corrected chi connectivity index (χ0v) is 12.7. The Morgan fingerprint density at radius 2 is 2.33 bits per heavy atom. The van der Waals surface area contributed by atoms with Crippen LogP contribution in [0, 0.1) is 11.8 Å². The second-order valence-electron chi connectivity index (χ2n) is 5.57. The highest BCUT2D eigenvalue weighted by Crippen LogP contribution is 2.32. The molecule has 1 saturated carbocycles. The first-order valence-electron chi connectivity index (χ1n) is 7.41. The molecule has 0 spiro atoms. The number of nitrogens with zero attached hydrogens (tertiary/aromatic N) is 3. The summed E-state index contributed by atoms with van der Waals surface area (Å²) in [6, 6.07) is 0. The number of aromatic nitrogens is 2. The molecule has 1 aliphatic rings. The van der Waals surface area contributed by atoms with Crippen LogP contribution in [0.15, 0.2) is 4.52 Å². The Bertz CT molecular complexity index is 463. The Morgan fingerprint density at radius 1 is 1.52 bits per heavy atom. The fraction of sp³-hybridized carbons (Fsp3) is 0.786. The normalized spacial score (nSPS) is 21.7. The minimum atomic E-state index is 0.0379. The predicted molar refractivity (Wildman–Crippen MR) is 76.2 cm³/mol. The number of carbonyl (C=O) groups excluding carboxylic acids is 1. The molecule has 118 valence electrons. The maximum atomic E-state index is 12.5. The number of ether oxygens (including phenoxy) is 1. The molecular weight excluding hydrogens is 272 g/mol. The molecule has 1 aromatic rings. The number of amides is 1. The summed E-state index contributed by atoms with van der Waals surface area (Å²) in [6.45, 7) is 1.46. The van der Waals surface area contributed by atoms with Crippen molar-refractivity contribution in [3.63, 3.8) is 0 Å². The molecule has 2 rings (SSSR count). The summed E-state index contributed by atoms with van der Waals surface area (Å²) in [7, 11) is 3.40. The SMILES string of the molecule is COCCc1noc(CN(C)C(=O)[C@@H]2CCC[C@@H]2CN)n1. The Balaban J connectivity index is 1.89. The zero-order chi connectivity index (χ0) is 15.2. The maximum Gasteiger partial charge on any atom is 0.246 e. The number of carbonyl (C=O) groups is 1. The van der Waals surface area contributed by atoms with E-state index in [9.17, 15) is 4.79 Å². The van der Waals surface area contributed by atoms with Crippen LogP contribution in [0.1, 0.15) is 31.0 Å². The van der Waals surface area contributed by atoms with Crippen LogP contribution in [0.2, 0.25) is 0 Å². The van der Waals surface area contributed by atoms with Gasteiger partial charge in [-0.2, -0.15) is 4.98 Å². The topological polar surface area (TPSA) is 94.5 Å². The van der Waals surface area contributed by atoms with Gasteiger partial charge in [-0.25, -0.2) is 0 Å². The second-order valence-corrected chi connectivity index (χ2v) is 5.57. The number of methoxy groups -OCH3 is 1. The van der Waals surface area contributed by atoms with E-state index in [1.165, 1.54) is 0 Å². The summed E-state index contributed by atoms with van der Waals surface area (Å²) in [5.74, 6) is 1.53. The lowest BCUT2D eigenvalue weighted by Crippen LogP contribution is -2.36.